The maximum Gasteiger partial charge on any atom is 0.265 e. The van der Waals surface area contributed by atoms with Crippen molar-refractivity contribution >= 4 is 28.6 Å². The fourth-order valence-electron chi connectivity index (χ4n) is 2.96. The average molecular weight is 331 g/mol. The number of likely N-dealkylation sites (N-methyl/N-ethyl adjacent to an activating group) is 1. The van der Waals surface area contributed by atoms with Gasteiger partial charge in [-0.25, -0.2) is 4.98 Å². The van der Waals surface area contributed by atoms with Crippen LogP contribution in [0.1, 0.15) is 49.6 Å². The van der Waals surface area contributed by atoms with Gasteiger partial charge < -0.3 is 4.90 Å². The van der Waals surface area contributed by atoms with Crippen molar-refractivity contribution in [3.63, 3.8) is 0 Å². The van der Waals surface area contributed by atoms with Crippen LogP contribution < -0.4 is 0 Å². The van der Waals surface area contributed by atoms with E-state index in [4.69, 9.17) is 5.26 Å². The Labute approximate surface area is 138 Å². The van der Waals surface area contributed by atoms with Crippen molar-refractivity contribution in [1.82, 2.24) is 9.88 Å². The van der Waals surface area contributed by atoms with Crippen LogP contribution in [0.3, 0.4) is 0 Å². The molecule has 114 valence electrons. The zero-order chi connectivity index (χ0) is 15.7. The molecule has 0 unspecified atom stereocenters. The second kappa shape index (κ2) is 6.19. The summed E-state index contributed by atoms with van der Waals surface area (Å²) in [4.78, 5) is 20.9. The van der Waals surface area contributed by atoms with Gasteiger partial charge in [-0.15, -0.1) is 22.7 Å². The minimum atomic E-state index is -0.0642. The van der Waals surface area contributed by atoms with E-state index in [1.165, 1.54) is 21.9 Å². The fraction of sp³-hybridized carbons (Fsp3) is 0.438. The van der Waals surface area contributed by atoms with Crippen molar-refractivity contribution in [2.24, 2.45) is 0 Å². The Morgan fingerprint density at radius 1 is 1.59 bits per heavy atom. The van der Waals surface area contributed by atoms with Crippen LogP contribution in [0.25, 0.3) is 0 Å². The van der Waals surface area contributed by atoms with Gasteiger partial charge >= 0.3 is 0 Å². The number of carbonyl (C=O) groups is 1. The number of thiophene rings is 1. The first-order valence-corrected chi connectivity index (χ1v) is 8.99. The van der Waals surface area contributed by atoms with E-state index in [-0.39, 0.29) is 5.91 Å². The topological polar surface area (TPSA) is 57.0 Å². The normalized spacial score (nSPS) is 16.9. The molecule has 2 heterocycles. The molecule has 1 atom stereocenters. The first-order chi connectivity index (χ1) is 10.6. The summed E-state index contributed by atoms with van der Waals surface area (Å²) in [7, 11) is 1.82. The highest BCUT2D eigenvalue weighted by Crippen LogP contribution is 2.35. The minimum absolute atomic E-state index is 0.0642. The number of hydrogen-bond donors (Lipinski definition) is 0. The van der Waals surface area contributed by atoms with E-state index in [2.05, 4.69) is 11.1 Å². The molecule has 6 heteroatoms. The van der Waals surface area contributed by atoms with E-state index in [0.29, 0.717) is 22.9 Å². The molecule has 0 radical (unpaired) electrons. The largest absolute Gasteiger partial charge is 0.340 e. The Morgan fingerprint density at radius 3 is 3.18 bits per heavy atom. The minimum Gasteiger partial charge on any atom is -0.340 e. The van der Waals surface area contributed by atoms with Crippen molar-refractivity contribution in [2.75, 3.05) is 13.6 Å². The standard InChI is InChI=1S/C16H17N3OS2/c1-10-18-14-12(4-3-5-13(14)22-10)9-19(2)16(20)15-11(8-17)6-7-21-15/h6-7,12H,3-5,9H2,1-2H3/t12-/m1/s1. The van der Waals surface area contributed by atoms with E-state index < -0.39 is 0 Å². The lowest BCUT2D eigenvalue weighted by Crippen LogP contribution is -2.32. The van der Waals surface area contributed by atoms with E-state index in [1.54, 1.807) is 27.7 Å². The zero-order valence-electron chi connectivity index (χ0n) is 12.6. The number of aromatic nitrogens is 1. The van der Waals surface area contributed by atoms with Gasteiger partial charge in [0.15, 0.2) is 0 Å². The molecule has 4 nitrogen and oxygen atoms in total. The van der Waals surface area contributed by atoms with Gasteiger partial charge in [0.05, 0.1) is 16.3 Å². The quantitative estimate of drug-likeness (QED) is 0.864. The van der Waals surface area contributed by atoms with E-state index in [9.17, 15) is 4.79 Å². The summed E-state index contributed by atoms with van der Waals surface area (Å²) in [6.07, 6.45) is 3.34. The lowest BCUT2D eigenvalue weighted by Gasteiger charge is -2.26. The first-order valence-electron chi connectivity index (χ1n) is 7.29. The van der Waals surface area contributed by atoms with Crippen LogP contribution in [0.5, 0.6) is 0 Å². The summed E-state index contributed by atoms with van der Waals surface area (Å²) in [6.45, 7) is 2.71. The van der Waals surface area contributed by atoms with Crippen LogP contribution in [-0.4, -0.2) is 29.4 Å². The molecule has 1 amide bonds. The van der Waals surface area contributed by atoms with Gasteiger partial charge in [0, 0.05) is 24.4 Å². The molecule has 2 aromatic heterocycles. The van der Waals surface area contributed by atoms with Crippen LogP contribution >= 0.6 is 22.7 Å². The van der Waals surface area contributed by atoms with Crippen molar-refractivity contribution < 1.29 is 4.79 Å². The summed E-state index contributed by atoms with van der Waals surface area (Å²) >= 11 is 3.11. The molecule has 0 N–H and O–H groups in total. The molecular formula is C16H17N3OS2. The number of thiazole rings is 1. The average Bonchev–Trinajstić information content (AvgIpc) is 3.11. The molecule has 0 aromatic carbocycles. The molecule has 2 aromatic rings. The third-order valence-corrected chi connectivity index (χ3v) is 5.95. The molecule has 0 bridgehead atoms. The maximum atomic E-state index is 12.5. The van der Waals surface area contributed by atoms with Gasteiger partial charge in [-0.3, -0.25) is 4.79 Å². The van der Waals surface area contributed by atoms with E-state index in [1.807, 2.05) is 14.0 Å². The molecule has 0 saturated heterocycles. The zero-order valence-corrected chi connectivity index (χ0v) is 14.3. The lowest BCUT2D eigenvalue weighted by atomic mass is 9.90. The van der Waals surface area contributed by atoms with Gasteiger partial charge in [0.1, 0.15) is 10.9 Å². The van der Waals surface area contributed by atoms with Crippen molar-refractivity contribution in [3.05, 3.63) is 37.5 Å². The predicted octanol–water partition coefficient (Wildman–Crippen LogP) is 3.58. The van der Waals surface area contributed by atoms with Gasteiger partial charge in [-0.2, -0.15) is 5.26 Å². The number of amides is 1. The molecule has 3 rings (SSSR count). The van der Waals surface area contributed by atoms with Crippen molar-refractivity contribution in [1.29, 1.82) is 5.26 Å². The number of carbonyl (C=O) groups excluding carboxylic acids is 1. The third kappa shape index (κ3) is 2.79. The van der Waals surface area contributed by atoms with Gasteiger partial charge in [0.2, 0.25) is 0 Å². The Kier molecular flexibility index (Phi) is 4.27. The second-order valence-electron chi connectivity index (χ2n) is 5.59. The summed E-state index contributed by atoms with van der Waals surface area (Å²) < 4.78 is 0. The molecule has 0 saturated carbocycles. The van der Waals surface area contributed by atoms with E-state index >= 15 is 0 Å². The Hall–Kier alpha value is -1.71. The molecule has 0 fully saturated rings. The van der Waals surface area contributed by atoms with Crippen LogP contribution in [0.2, 0.25) is 0 Å². The van der Waals surface area contributed by atoms with Crippen molar-refractivity contribution in [3.8, 4) is 6.07 Å². The highest BCUT2D eigenvalue weighted by molar-refractivity contribution is 7.12. The number of hydrogen-bond acceptors (Lipinski definition) is 5. The first kappa shape index (κ1) is 15.2. The van der Waals surface area contributed by atoms with Gasteiger partial charge in [-0.1, -0.05) is 0 Å². The molecule has 0 spiro atoms. The molecule has 1 aliphatic carbocycles. The Morgan fingerprint density at radius 2 is 2.41 bits per heavy atom. The Bertz CT molecular complexity index is 741. The monoisotopic (exact) mass is 331 g/mol. The predicted molar refractivity (Wildman–Crippen MR) is 88.5 cm³/mol. The van der Waals surface area contributed by atoms with Gasteiger partial charge in [-0.05, 0) is 37.6 Å². The summed E-state index contributed by atoms with van der Waals surface area (Å²) in [5.74, 6) is 0.249. The Balaban J connectivity index is 1.76. The number of nitrogens with zero attached hydrogens (tertiary/aromatic N) is 3. The number of fused-ring (bicyclic) bond motifs is 1. The number of aryl methyl sites for hydroxylation is 2. The summed E-state index contributed by atoms with van der Waals surface area (Å²) in [5.41, 5.74) is 1.65. The van der Waals surface area contributed by atoms with Gasteiger partial charge in [0.25, 0.3) is 5.91 Å². The van der Waals surface area contributed by atoms with Crippen LogP contribution in [-0.2, 0) is 6.42 Å². The molecular weight excluding hydrogens is 314 g/mol. The van der Waals surface area contributed by atoms with Crippen LogP contribution in [0, 0.1) is 18.3 Å². The number of rotatable bonds is 3. The number of nitriles is 1. The fourth-order valence-corrected chi connectivity index (χ4v) is 4.86. The SMILES string of the molecule is Cc1nc2c(s1)CCC[C@@H]2CN(C)C(=O)c1sccc1C#N. The highest BCUT2D eigenvalue weighted by atomic mass is 32.1. The molecule has 22 heavy (non-hydrogen) atoms. The smallest absolute Gasteiger partial charge is 0.265 e. The third-order valence-electron chi connectivity index (χ3n) is 4.00. The second-order valence-corrected chi connectivity index (χ2v) is 7.80. The van der Waals surface area contributed by atoms with Crippen molar-refractivity contribution in [2.45, 2.75) is 32.1 Å². The highest BCUT2D eigenvalue weighted by Gasteiger charge is 2.27. The van der Waals surface area contributed by atoms with Crippen LogP contribution in [0.15, 0.2) is 11.4 Å². The molecule has 1 aliphatic rings. The molecule has 0 aliphatic heterocycles. The lowest BCUT2D eigenvalue weighted by molar-refractivity contribution is 0.0787. The maximum absolute atomic E-state index is 12.5. The van der Waals surface area contributed by atoms with E-state index in [0.717, 1.165) is 24.3 Å². The summed E-state index contributed by atoms with van der Waals surface area (Å²) in [5, 5.41) is 12.0. The summed E-state index contributed by atoms with van der Waals surface area (Å²) in [6, 6.07) is 3.79. The van der Waals surface area contributed by atoms with Crippen LogP contribution in [0.4, 0.5) is 0 Å².